The molecule has 27 heavy (non-hydrogen) atoms. The number of aryl methyl sites for hydroxylation is 1. The second kappa shape index (κ2) is 7.02. The van der Waals surface area contributed by atoms with E-state index >= 15 is 0 Å². The summed E-state index contributed by atoms with van der Waals surface area (Å²) in [5.41, 5.74) is 1.36. The number of rotatable bonds is 2. The van der Waals surface area contributed by atoms with Crippen molar-refractivity contribution in [1.82, 2.24) is 14.5 Å². The van der Waals surface area contributed by atoms with E-state index in [4.69, 9.17) is 4.74 Å². The number of carbonyl (C=O) groups is 1. The van der Waals surface area contributed by atoms with Gasteiger partial charge in [-0.1, -0.05) is 20.8 Å². The molecule has 1 unspecified atom stereocenters. The molecular formula is C20H27N3O3S. The van der Waals surface area contributed by atoms with Crippen molar-refractivity contribution in [3.05, 3.63) is 27.1 Å². The van der Waals surface area contributed by atoms with Gasteiger partial charge in [0.05, 0.1) is 24.9 Å². The number of fused-ring (bicyclic) bond motifs is 3. The summed E-state index contributed by atoms with van der Waals surface area (Å²) in [6, 6.07) is 0. The fourth-order valence-corrected chi connectivity index (χ4v) is 5.37. The number of ether oxygens (including phenoxy) is 1. The number of amides is 1. The van der Waals surface area contributed by atoms with Crippen LogP contribution in [0.3, 0.4) is 0 Å². The second-order valence-electron chi connectivity index (χ2n) is 8.66. The van der Waals surface area contributed by atoms with Crippen molar-refractivity contribution >= 4 is 27.5 Å². The summed E-state index contributed by atoms with van der Waals surface area (Å²) in [6.45, 7) is 9.22. The van der Waals surface area contributed by atoms with Crippen LogP contribution < -0.4 is 5.56 Å². The van der Waals surface area contributed by atoms with Crippen LogP contribution in [0.1, 0.15) is 37.6 Å². The lowest BCUT2D eigenvalue weighted by Gasteiger charge is -2.33. The predicted molar refractivity (Wildman–Crippen MR) is 106 cm³/mol. The van der Waals surface area contributed by atoms with E-state index in [-0.39, 0.29) is 23.4 Å². The minimum Gasteiger partial charge on any atom is -0.378 e. The molecule has 1 atom stereocenters. The van der Waals surface area contributed by atoms with Crippen LogP contribution in [0.25, 0.3) is 10.2 Å². The van der Waals surface area contributed by atoms with Crippen LogP contribution in [0.4, 0.5) is 0 Å². The third-order valence-electron chi connectivity index (χ3n) is 5.93. The van der Waals surface area contributed by atoms with Gasteiger partial charge in [-0.05, 0) is 36.2 Å². The number of hydrogen-bond donors (Lipinski definition) is 0. The van der Waals surface area contributed by atoms with Crippen LogP contribution in [0.5, 0.6) is 0 Å². The van der Waals surface area contributed by atoms with E-state index in [9.17, 15) is 9.59 Å². The van der Waals surface area contributed by atoms with Crippen molar-refractivity contribution in [2.75, 3.05) is 26.3 Å². The zero-order valence-electron chi connectivity index (χ0n) is 16.3. The van der Waals surface area contributed by atoms with Gasteiger partial charge in [0.15, 0.2) is 0 Å². The van der Waals surface area contributed by atoms with Gasteiger partial charge in [0.1, 0.15) is 11.4 Å². The molecule has 2 aromatic rings. The molecule has 2 aliphatic rings. The molecule has 0 bridgehead atoms. The fraction of sp³-hybridized carbons (Fsp3) is 0.650. The smallest absolute Gasteiger partial charge is 0.262 e. The van der Waals surface area contributed by atoms with Gasteiger partial charge in [0.25, 0.3) is 5.56 Å². The third-order valence-corrected chi connectivity index (χ3v) is 7.09. The third kappa shape index (κ3) is 3.55. The van der Waals surface area contributed by atoms with Crippen molar-refractivity contribution in [2.45, 2.75) is 46.6 Å². The average molecular weight is 390 g/mol. The molecule has 0 radical (unpaired) electrons. The minimum atomic E-state index is -0.0756. The Kier molecular flexibility index (Phi) is 4.84. The molecule has 0 spiro atoms. The summed E-state index contributed by atoms with van der Waals surface area (Å²) >= 11 is 1.65. The number of nitrogens with zero attached hydrogens (tertiary/aromatic N) is 3. The van der Waals surface area contributed by atoms with E-state index in [2.05, 4.69) is 25.8 Å². The SMILES string of the molecule is CC(C)(C)C1CCc2c(sc3ncn(CC(=O)N4CCOCC4)c(=O)c23)C1. The largest absolute Gasteiger partial charge is 0.378 e. The molecule has 1 aliphatic heterocycles. The molecule has 146 valence electrons. The van der Waals surface area contributed by atoms with Crippen molar-refractivity contribution in [2.24, 2.45) is 11.3 Å². The highest BCUT2D eigenvalue weighted by Gasteiger charge is 2.32. The summed E-state index contributed by atoms with van der Waals surface area (Å²) in [5.74, 6) is 0.585. The Morgan fingerprint density at radius 2 is 2.07 bits per heavy atom. The maximum atomic E-state index is 13.1. The number of aromatic nitrogens is 2. The summed E-state index contributed by atoms with van der Waals surface area (Å²) in [4.78, 5) is 34.0. The quantitative estimate of drug-likeness (QED) is 0.792. The minimum absolute atomic E-state index is 0.0431. The van der Waals surface area contributed by atoms with E-state index in [1.165, 1.54) is 21.3 Å². The predicted octanol–water partition coefficient (Wildman–Crippen LogP) is 2.47. The molecule has 4 rings (SSSR count). The van der Waals surface area contributed by atoms with E-state index < -0.39 is 0 Å². The van der Waals surface area contributed by atoms with E-state index in [0.29, 0.717) is 32.2 Å². The topological polar surface area (TPSA) is 64.4 Å². The zero-order valence-corrected chi connectivity index (χ0v) is 17.1. The van der Waals surface area contributed by atoms with E-state index in [1.807, 2.05) is 0 Å². The monoisotopic (exact) mass is 389 g/mol. The lowest BCUT2D eigenvalue weighted by molar-refractivity contribution is -0.135. The van der Waals surface area contributed by atoms with E-state index in [1.54, 1.807) is 16.2 Å². The lowest BCUT2D eigenvalue weighted by atomic mass is 9.72. The Hall–Kier alpha value is -1.73. The lowest BCUT2D eigenvalue weighted by Crippen LogP contribution is -2.43. The van der Waals surface area contributed by atoms with Gasteiger partial charge in [-0.2, -0.15) is 0 Å². The summed E-state index contributed by atoms with van der Waals surface area (Å²) in [6.07, 6.45) is 4.58. The van der Waals surface area contributed by atoms with Crippen LogP contribution in [-0.2, 0) is 28.9 Å². The first-order valence-corrected chi connectivity index (χ1v) is 10.5. The Labute approximate surface area is 163 Å². The van der Waals surface area contributed by atoms with Crippen LogP contribution in [0.2, 0.25) is 0 Å². The van der Waals surface area contributed by atoms with Gasteiger partial charge in [-0.3, -0.25) is 14.2 Å². The summed E-state index contributed by atoms with van der Waals surface area (Å²) in [5, 5.41) is 0.736. The molecular weight excluding hydrogens is 362 g/mol. The molecule has 1 fully saturated rings. The van der Waals surface area contributed by atoms with Crippen LogP contribution in [0.15, 0.2) is 11.1 Å². The number of morpholine rings is 1. The Morgan fingerprint density at radius 1 is 1.33 bits per heavy atom. The van der Waals surface area contributed by atoms with E-state index in [0.717, 1.165) is 29.5 Å². The Bertz CT molecular complexity index is 919. The first-order valence-electron chi connectivity index (χ1n) is 9.70. The standard InChI is InChI=1S/C20H27N3O3S/c1-20(2,3)13-4-5-14-15(10-13)27-18-17(14)19(25)23(12-21-18)11-16(24)22-6-8-26-9-7-22/h12-13H,4-11H2,1-3H3. The van der Waals surface area contributed by atoms with Crippen LogP contribution >= 0.6 is 11.3 Å². The molecule has 1 aliphatic carbocycles. The zero-order chi connectivity index (χ0) is 19.2. The van der Waals surface area contributed by atoms with Gasteiger partial charge < -0.3 is 9.64 Å². The van der Waals surface area contributed by atoms with Crippen molar-refractivity contribution in [3.8, 4) is 0 Å². The highest BCUT2D eigenvalue weighted by Crippen LogP contribution is 2.41. The fourth-order valence-electron chi connectivity index (χ4n) is 4.11. The maximum Gasteiger partial charge on any atom is 0.262 e. The Morgan fingerprint density at radius 3 is 2.78 bits per heavy atom. The van der Waals surface area contributed by atoms with Gasteiger partial charge in [0.2, 0.25) is 5.91 Å². The van der Waals surface area contributed by atoms with Gasteiger partial charge in [0, 0.05) is 18.0 Å². The first kappa shape index (κ1) is 18.6. The molecule has 7 heteroatoms. The van der Waals surface area contributed by atoms with Crippen molar-refractivity contribution in [3.63, 3.8) is 0 Å². The normalized spacial score (nSPS) is 20.7. The van der Waals surface area contributed by atoms with Crippen LogP contribution in [-0.4, -0.2) is 46.7 Å². The molecule has 0 aromatic carbocycles. The number of hydrogen-bond acceptors (Lipinski definition) is 5. The summed E-state index contributed by atoms with van der Waals surface area (Å²) < 4.78 is 6.77. The van der Waals surface area contributed by atoms with Crippen molar-refractivity contribution < 1.29 is 9.53 Å². The first-order chi connectivity index (χ1) is 12.8. The molecule has 0 saturated carbocycles. The number of carbonyl (C=O) groups excluding carboxylic acids is 1. The van der Waals surface area contributed by atoms with Crippen LogP contribution in [0, 0.1) is 11.3 Å². The molecule has 1 amide bonds. The molecule has 3 heterocycles. The molecule has 6 nitrogen and oxygen atoms in total. The molecule has 0 N–H and O–H groups in total. The molecule has 1 saturated heterocycles. The Balaban J connectivity index is 1.63. The maximum absolute atomic E-state index is 13.1. The number of thiophene rings is 1. The van der Waals surface area contributed by atoms with Gasteiger partial charge >= 0.3 is 0 Å². The van der Waals surface area contributed by atoms with Gasteiger partial charge in [-0.25, -0.2) is 4.98 Å². The summed E-state index contributed by atoms with van der Waals surface area (Å²) in [7, 11) is 0. The highest BCUT2D eigenvalue weighted by molar-refractivity contribution is 7.18. The highest BCUT2D eigenvalue weighted by atomic mass is 32.1. The molecule has 2 aromatic heterocycles. The van der Waals surface area contributed by atoms with Crippen molar-refractivity contribution in [1.29, 1.82) is 0 Å². The average Bonchev–Trinajstić information content (AvgIpc) is 3.02. The second-order valence-corrected chi connectivity index (χ2v) is 9.74. The van der Waals surface area contributed by atoms with Gasteiger partial charge in [-0.15, -0.1) is 11.3 Å².